The fraction of sp³-hybridized carbons (Fsp3) is 0.800. The number of aliphatic hydroxyl groups is 1. The van der Waals surface area contributed by atoms with E-state index in [1.807, 2.05) is 0 Å². The predicted octanol–water partition coefficient (Wildman–Crippen LogP) is 0.486. The summed E-state index contributed by atoms with van der Waals surface area (Å²) in [4.78, 5) is 36.5. The van der Waals surface area contributed by atoms with Crippen LogP contribution >= 0.6 is 0 Å². The maximum Gasteiger partial charge on any atom is 1.00 e. The SMILES string of the molecule is COC(=O)[C@@H]1CC2=CC(=O)CC[C@]2(C)[C@H]2CC[C@@]3(C)[C@@H]([C@H]4C[C@H]4[C@@]3(O)CCC(=O)O)[C@H]12.[H-].[K+]. The van der Waals surface area contributed by atoms with Crippen LogP contribution in [0, 0.1) is 46.3 Å². The number of aliphatic carboxylic acids is 1. The second kappa shape index (κ2) is 8.27. The van der Waals surface area contributed by atoms with Crippen molar-refractivity contribution in [3.8, 4) is 0 Å². The van der Waals surface area contributed by atoms with Crippen LogP contribution in [-0.2, 0) is 19.1 Å². The minimum atomic E-state index is -0.980. The average molecular weight is 471 g/mol. The Balaban J connectivity index is 0.00000153. The minimum Gasteiger partial charge on any atom is -1.00 e. The third-order valence-corrected chi connectivity index (χ3v) is 10.4. The zero-order chi connectivity index (χ0) is 22.3. The Morgan fingerprint density at radius 3 is 2.62 bits per heavy atom. The molecule has 0 unspecified atom stereocenters. The molecule has 0 aromatic carbocycles. The Hall–Kier alpha value is -0.0536. The molecule has 4 saturated carbocycles. The number of allylic oxidation sites excluding steroid dienone is 1. The molecule has 0 spiro atoms. The van der Waals surface area contributed by atoms with Gasteiger partial charge in [0.2, 0.25) is 0 Å². The molecule has 32 heavy (non-hydrogen) atoms. The van der Waals surface area contributed by atoms with Crippen LogP contribution in [0.15, 0.2) is 11.6 Å². The average Bonchev–Trinajstić information content (AvgIpc) is 3.48. The molecule has 0 aromatic heterocycles. The molecule has 0 amide bonds. The van der Waals surface area contributed by atoms with Crippen LogP contribution in [-0.4, -0.2) is 40.6 Å². The predicted molar refractivity (Wildman–Crippen MR) is 113 cm³/mol. The van der Waals surface area contributed by atoms with Gasteiger partial charge in [0.25, 0.3) is 0 Å². The first-order chi connectivity index (χ1) is 14.6. The van der Waals surface area contributed by atoms with Crippen molar-refractivity contribution < 1.29 is 82.1 Å². The smallest absolute Gasteiger partial charge is 1.00 e. The third kappa shape index (κ3) is 3.32. The van der Waals surface area contributed by atoms with Crippen LogP contribution in [0.25, 0.3) is 0 Å². The summed E-state index contributed by atoms with van der Waals surface area (Å²) in [7, 11) is 1.44. The van der Waals surface area contributed by atoms with Crippen molar-refractivity contribution in [2.45, 2.75) is 70.8 Å². The van der Waals surface area contributed by atoms with Crippen molar-refractivity contribution in [2.75, 3.05) is 7.11 Å². The van der Waals surface area contributed by atoms with Gasteiger partial charge < -0.3 is 16.4 Å². The number of rotatable bonds is 4. The molecular weight excluding hydrogens is 435 g/mol. The summed E-state index contributed by atoms with van der Waals surface area (Å²) >= 11 is 0. The largest absolute Gasteiger partial charge is 1.00 e. The number of fused-ring (bicyclic) bond motifs is 7. The maximum absolute atomic E-state index is 13.0. The topological polar surface area (TPSA) is 101 Å². The Bertz CT molecular complexity index is 890. The molecule has 9 atom stereocenters. The van der Waals surface area contributed by atoms with Crippen LogP contribution in [0.2, 0.25) is 0 Å². The number of carboxylic acid groups (broad SMARTS) is 1. The van der Waals surface area contributed by atoms with Gasteiger partial charge >= 0.3 is 63.3 Å². The standard InChI is InChI=1S/C25H34O6.K.H/c1-23-7-4-14(26)10-13(23)11-16(22(29)31-3)20-17(23)5-8-24(2)21(20)15-12-18(15)25(24,30)9-6-19(27)28;;/h10,15-18,20-21,30H,4-9,11-12H2,1-3H3,(H,27,28);;/q;+1;-1/t15-,16+,17-,18+,20+,21-,23-,24-,25-;;/m0../s1. The Morgan fingerprint density at radius 2 is 1.97 bits per heavy atom. The van der Waals surface area contributed by atoms with Gasteiger partial charge in [-0.1, -0.05) is 19.4 Å². The molecule has 0 aromatic rings. The fourth-order valence-electron chi connectivity index (χ4n) is 8.83. The third-order valence-electron chi connectivity index (χ3n) is 10.4. The number of hydrogen-bond donors (Lipinski definition) is 2. The van der Waals surface area contributed by atoms with Gasteiger partial charge in [-0.25, -0.2) is 0 Å². The van der Waals surface area contributed by atoms with E-state index >= 15 is 0 Å². The summed E-state index contributed by atoms with van der Waals surface area (Å²) in [5.41, 5.74) is -0.343. The van der Waals surface area contributed by atoms with E-state index in [9.17, 15) is 24.6 Å². The van der Waals surface area contributed by atoms with Crippen LogP contribution in [0.5, 0.6) is 0 Å². The second-order valence-electron chi connectivity index (χ2n) is 11.4. The summed E-state index contributed by atoms with van der Waals surface area (Å²) in [6, 6.07) is 0. The van der Waals surface area contributed by atoms with Crippen LogP contribution in [0.3, 0.4) is 0 Å². The van der Waals surface area contributed by atoms with E-state index in [0.717, 1.165) is 31.3 Å². The molecule has 7 heteroatoms. The first-order valence-electron chi connectivity index (χ1n) is 11.8. The molecule has 5 aliphatic rings. The number of hydrogen-bond acceptors (Lipinski definition) is 5. The molecular formula is C25H35KO6. The van der Waals surface area contributed by atoms with E-state index < -0.39 is 11.6 Å². The molecule has 0 radical (unpaired) electrons. The second-order valence-corrected chi connectivity index (χ2v) is 11.4. The molecule has 172 valence electrons. The van der Waals surface area contributed by atoms with Gasteiger partial charge in [0.15, 0.2) is 5.78 Å². The van der Waals surface area contributed by atoms with Gasteiger partial charge in [-0.05, 0) is 79.6 Å². The van der Waals surface area contributed by atoms with Gasteiger partial charge in [-0.15, -0.1) is 0 Å². The first-order valence-corrected chi connectivity index (χ1v) is 11.8. The number of ether oxygens (including phenoxy) is 1. The van der Waals surface area contributed by atoms with Crippen molar-refractivity contribution in [3.05, 3.63) is 11.6 Å². The van der Waals surface area contributed by atoms with Gasteiger partial charge in [-0.2, -0.15) is 0 Å². The Kier molecular flexibility index (Phi) is 6.47. The molecule has 0 aliphatic heterocycles. The van der Waals surface area contributed by atoms with Crippen molar-refractivity contribution in [3.63, 3.8) is 0 Å². The van der Waals surface area contributed by atoms with Gasteiger partial charge in [0.05, 0.1) is 18.6 Å². The summed E-state index contributed by atoms with van der Waals surface area (Å²) < 4.78 is 5.25. The van der Waals surface area contributed by atoms with E-state index in [1.165, 1.54) is 7.11 Å². The summed E-state index contributed by atoms with van der Waals surface area (Å²) in [5, 5.41) is 21.2. The maximum atomic E-state index is 13.0. The molecule has 4 fully saturated rings. The fourth-order valence-corrected chi connectivity index (χ4v) is 8.83. The van der Waals surface area contributed by atoms with Crippen molar-refractivity contribution in [1.82, 2.24) is 0 Å². The zero-order valence-electron chi connectivity index (χ0n) is 20.7. The molecule has 0 bridgehead atoms. The number of methoxy groups -OCH3 is 1. The van der Waals surface area contributed by atoms with Crippen molar-refractivity contribution in [2.24, 2.45) is 46.3 Å². The zero-order valence-corrected chi connectivity index (χ0v) is 22.8. The summed E-state index contributed by atoms with van der Waals surface area (Å²) in [5.74, 6) is -0.158. The van der Waals surface area contributed by atoms with Crippen LogP contribution in [0.4, 0.5) is 0 Å². The molecule has 0 heterocycles. The summed E-state index contributed by atoms with van der Waals surface area (Å²) in [6.07, 6.45) is 6.65. The monoisotopic (exact) mass is 470 g/mol. The quantitative estimate of drug-likeness (QED) is 0.458. The first kappa shape index (κ1) is 25.1. The molecule has 5 rings (SSSR count). The van der Waals surface area contributed by atoms with Crippen LogP contribution < -0.4 is 51.4 Å². The van der Waals surface area contributed by atoms with Crippen molar-refractivity contribution in [1.29, 1.82) is 0 Å². The number of carbonyl (C=O) groups excluding carboxylic acids is 2. The molecule has 2 N–H and O–H groups in total. The van der Waals surface area contributed by atoms with E-state index in [4.69, 9.17) is 4.74 Å². The molecule has 6 nitrogen and oxygen atoms in total. The summed E-state index contributed by atoms with van der Waals surface area (Å²) in [6.45, 7) is 4.42. The molecule has 0 saturated heterocycles. The number of carboxylic acids is 1. The van der Waals surface area contributed by atoms with Gasteiger partial charge in [0.1, 0.15) is 0 Å². The van der Waals surface area contributed by atoms with Gasteiger partial charge in [-0.3, -0.25) is 14.4 Å². The van der Waals surface area contributed by atoms with E-state index in [-0.39, 0.29) is 118 Å². The normalized spacial score (nSPS) is 48.2. The van der Waals surface area contributed by atoms with E-state index in [2.05, 4.69) is 13.8 Å². The number of ketones is 1. The Morgan fingerprint density at radius 1 is 1.25 bits per heavy atom. The van der Waals surface area contributed by atoms with E-state index in [0.29, 0.717) is 18.8 Å². The minimum absolute atomic E-state index is 0. The van der Waals surface area contributed by atoms with Crippen LogP contribution in [0.1, 0.15) is 66.6 Å². The van der Waals surface area contributed by atoms with Gasteiger partial charge in [0, 0.05) is 18.3 Å². The molecule has 5 aliphatic carbocycles. The number of carbonyl (C=O) groups is 3. The van der Waals surface area contributed by atoms with Crippen molar-refractivity contribution >= 4 is 17.7 Å². The number of esters is 1. The van der Waals surface area contributed by atoms with E-state index in [1.54, 1.807) is 6.08 Å². The Labute approximate surface area is 233 Å².